The highest BCUT2D eigenvalue weighted by Crippen LogP contribution is 2.44. The number of carbonyl (C=O) groups excluding carboxylic acids is 2. The number of carbonyl (C=O) groups is 3. The second kappa shape index (κ2) is 10.4. The summed E-state index contributed by atoms with van der Waals surface area (Å²) in [7, 11) is 3.83. The van der Waals surface area contributed by atoms with Crippen LogP contribution in [0.25, 0.3) is 0 Å². The Balaban J connectivity index is 1.65. The van der Waals surface area contributed by atoms with E-state index in [2.05, 4.69) is 10.4 Å². The van der Waals surface area contributed by atoms with E-state index in [9.17, 15) is 19.5 Å². The van der Waals surface area contributed by atoms with Crippen LogP contribution in [0.3, 0.4) is 0 Å². The summed E-state index contributed by atoms with van der Waals surface area (Å²) in [5, 5.41) is 18.6. The maximum atomic E-state index is 13.5. The lowest BCUT2D eigenvalue weighted by molar-refractivity contribution is -0.141. The number of nitrogens with one attached hydrogen (secondary N) is 1. The van der Waals surface area contributed by atoms with Gasteiger partial charge in [-0.2, -0.15) is 14.8 Å². The van der Waals surface area contributed by atoms with Gasteiger partial charge < -0.3 is 25.1 Å². The van der Waals surface area contributed by atoms with Gasteiger partial charge in [-0.3, -0.25) is 4.84 Å². The Kier molecular flexibility index (Phi) is 7.42. The van der Waals surface area contributed by atoms with E-state index in [1.165, 1.54) is 14.6 Å². The fraction of sp³-hybridized carbons (Fsp3) is 0.520. The van der Waals surface area contributed by atoms with Gasteiger partial charge in [-0.15, -0.1) is 0 Å². The molecule has 2 aliphatic rings. The predicted octanol–water partition coefficient (Wildman–Crippen LogP) is 2.75. The van der Waals surface area contributed by atoms with E-state index in [1.807, 2.05) is 49.3 Å². The summed E-state index contributed by atoms with van der Waals surface area (Å²) in [6.07, 6.45) is 0.524. The van der Waals surface area contributed by atoms with E-state index in [4.69, 9.17) is 4.84 Å². The minimum atomic E-state index is -1.10. The molecular weight excluding hydrogens is 478 g/mol. The Labute approximate surface area is 216 Å². The molecule has 0 radical (unpaired) electrons. The number of hydroxylamine groups is 2. The lowest BCUT2D eigenvalue weighted by atomic mass is 9.96. The number of nitrogens with zero attached hydrogens (tertiary/aromatic N) is 6. The van der Waals surface area contributed by atoms with Crippen LogP contribution in [0.1, 0.15) is 49.7 Å². The van der Waals surface area contributed by atoms with Crippen LogP contribution in [0.4, 0.5) is 14.4 Å². The van der Waals surface area contributed by atoms with Gasteiger partial charge in [0.25, 0.3) is 0 Å². The number of carboxylic acid groups (broad SMARTS) is 1. The number of amides is 4. The van der Waals surface area contributed by atoms with Gasteiger partial charge in [-0.05, 0) is 40.4 Å². The van der Waals surface area contributed by atoms with Gasteiger partial charge >= 0.3 is 18.2 Å². The highest BCUT2D eigenvalue weighted by molar-refractivity contribution is 5.80. The molecule has 12 nitrogen and oxygen atoms in total. The van der Waals surface area contributed by atoms with Crippen molar-refractivity contribution in [2.45, 2.75) is 45.0 Å². The van der Waals surface area contributed by atoms with Gasteiger partial charge in [-0.25, -0.2) is 14.4 Å². The van der Waals surface area contributed by atoms with Crippen LogP contribution in [0.5, 0.6) is 0 Å². The summed E-state index contributed by atoms with van der Waals surface area (Å²) >= 11 is 0. The fourth-order valence-corrected chi connectivity index (χ4v) is 4.58. The monoisotopic (exact) mass is 513 g/mol. The van der Waals surface area contributed by atoms with Gasteiger partial charge in [-0.1, -0.05) is 30.3 Å². The van der Waals surface area contributed by atoms with Crippen molar-refractivity contribution in [2.75, 3.05) is 40.3 Å². The zero-order valence-electron chi connectivity index (χ0n) is 21.9. The zero-order chi connectivity index (χ0) is 26.9. The number of hydrogen-bond donors (Lipinski definition) is 2. The lowest BCUT2D eigenvalue weighted by Crippen LogP contribution is -2.50. The molecule has 0 spiro atoms. The highest BCUT2D eigenvalue weighted by Gasteiger charge is 2.51. The molecule has 1 saturated heterocycles. The summed E-state index contributed by atoms with van der Waals surface area (Å²) < 4.78 is 1.23. The molecule has 1 aromatic heterocycles. The average Bonchev–Trinajstić information content (AvgIpc) is 3.38. The number of rotatable bonds is 8. The van der Waals surface area contributed by atoms with Crippen LogP contribution < -0.4 is 5.32 Å². The van der Waals surface area contributed by atoms with Crippen LogP contribution in [0, 0.1) is 0 Å². The molecule has 2 aromatic rings. The number of likely N-dealkylation sites (N-methyl/N-ethyl adjacent to an activating group) is 1. The Morgan fingerprint density at radius 3 is 2.54 bits per heavy atom. The molecular formula is C25H35N7O5. The molecule has 1 aromatic carbocycles. The molecule has 0 aliphatic carbocycles. The summed E-state index contributed by atoms with van der Waals surface area (Å²) in [5.74, 6) is 0. The number of fused-ring (bicyclic) bond motifs is 4. The third kappa shape index (κ3) is 5.54. The molecule has 3 heterocycles. The van der Waals surface area contributed by atoms with Crippen molar-refractivity contribution < 1.29 is 24.3 Å². The molecule has 2 bridgehead atoms. The Hall–Kier alpha value is -3.64. The molecule has 2 aliphatic heterocycles. The first-order valence-electron chi connectivity index (χ1n) is 12.3. The molecule has 200 valence electrons. The molecule has 37 heavy (non-hydrogen) atoms. The van der Waals surface area contributed by atoms with Gasteiger partial charge in [0.15, 0.2) is 0 Å². The van der Waals surface area contributed by atoms with E-state index < -0.39 is 29.7 Å². The van der Waals surface area contributed by atoms with E-state index >= 15 is 0 Å². The molecule has 4 rings (SSSR count). The molecule has 1 fully saturated rings. The second-order valence-corrected chi connectivity index (χ2v) is 10.6. The van der Waals surface area contributed by atoms with Crippen LogP contribution in [-0.4, -0.2) is 98.6 Å². The average molecular weight is 514 g/mol. The van der Waals surface area contributed by atoms with Crippen LogP contribution >= 0.6 is 0 Å². The van der Waals surface area contributed by atoms with Crippen LogP contribution in [-0.2, 0) is 11.4 Å². The van der Waals surface area contributed by atoms with E-state index in [1.54, 1.807) is 31.9 Å². The molecule has 0 saturated carbocycles. The largest absolute Gasteiger partial charge is 0.465 e. The van der Waals surface area contributed by atoms with Crippen molar-refractivity contribution in [2.24, 2.45) is 0 Å². The first-order valence-corrected chi connectivity index (χ1v) is 12.3. The fourth-order valence-electron chi connectivity index (χ4n) is 4.58. The standard InChI is InChI=1S/C25H35N7O5/c1-25(2,3)30(24(35)36)15-20-21-18(13-31(27-21)22(33)26-11-12-28(4)5)19-14-29(20)23(34)32(19)37-16-17-9-7-6-8-10-17/h6-10,13,19-20H,11-12,14-16H2,1-5H3,(H,26,33)(H,35,36)/t19-,20-/m1/s1. The number of hydrogen-bond acceptors (Lipinski definition) is 6. The quantitative estimate of drug-likeness (QED) is 0.556. The van der Waals surface area contributed by atoms with E-state index in [-0.39, 0.29) is 19.2 Å². The lowest BCUT2D eigenvalue weighted by Gasteiger charge is -2.38. The summed E-state index contributed by atoms with van der Waals surface area (Å²) in [6, 6.07) is 7.62. The number of benzene rings is 1. The second-order valence-electron chi connectivity index (χ2n) is 10.6. The van der Waals surface area contributed by atoms with Crippen molar-refractivity contribution >= 4 is 18.2 Å². The van der Waals surface area contributed by atoms with Gasteiger partial charge in [0.2, 0.25) is 0 Å². The Morgan fingerprint density at radius 2 is 1.92 bits per heavy atom. The van der Waals surface area contributed by atoms with Gasteiger partial charge in [0, 0.05) is 30.4 Å². The predicted molar refractivity (Wildman–Crippen MR) is 135 cm³/mol. The van der Waals surface area contributed by atoms with E-state index in [0.717, 1.165) is 5.56 Å². The minimum Gasteiger partial charge on any atom is -0.465 e. The molecule has 2 N–H and O–H groups in total. The Morgan fingerprint density at radius 1 is 1.22 bits per heavy atom. The van der Waals surface area contributed by atoms with Gasteiger partial charge in [0.05, 0.1) is 24.8 Å². The van der Waals surface area contributed by atoms with Crippen molar-refractivity contribution in [3.8, 4) is 0 Å². The maximum Gasteiger partial charge on any atom is 0.407 e. The zero-order valence-corrected chi connectivity index (χ0v) is 21.9. The SMILES string of the molecule is CN(C)CCNC(=O)n1cc2c(n1)[C@@H](CN(C(=O)O)C(C)(C)C)N1C[C@H]2N(OCc2ccccc2)C1=O. The topological polar surface area (TPSA) is 123 Å². The third-order valence-corrected chi connectivity index (χ3v) is 6.56. The highest BCUT2D eigenvalue weighted by atomic mass is 16.7. The molecule has 0 unspecified atom stereocenters. The normalized spacial score (nSPS) is 18.8. The molecule has 4 amide bonds. The third-order valence-electron chi connectivity index (χ3n) is 6.56. The Bertz CT molecular complexity index is 1140. The van der Waals surface area contributed by atoms with Crippen LogP contribution in [0.15, 0.2) is 36.5 Å². The first kappa shape index (κ1) is 26.4. The van der Waals surface area contributed by atoms with Crippen molar-refractivity contribution in [1.82, 2.24) is 34.9 Å². The number of aromatic nitrogens is 2. The maximum absolute atomic E-state index is 13.5. The summed E-state index contributed by atoms with van der Waals surface area (Å²) in [4.78, 5) is 49.2. The van der Waals surface area contributed by atoms with Crippen molar-refractivity contribution in [3.05, 3.63) is 53.3 Å². The molecule has 2 atom stereocenters. The smallest absolute Gasteiger partial charge is 0.407 e. The van der Waals surface area contributed by atoms with Crippen molar-refractivity contribution in [3.63, 3.8) is 0 Å². The van der Waals surface area contributed by atoms with Crippen molar-refractivity contribution in [1.29, 1.82) is 0 Å². The minimum absolute atomic E-state index is 0.0100. The summed E-state index contributed by atoms with van der Waals surface area (Å²) in [6.45, 7) is 7.01. The molecule has 12 heteroatoms. The first-order chi connectivity index (χ1) is 17.5. The van der Waals surface area contributed by atoms with E-state index in [0.29, 0.717) is 30.9 Å². The van der Waals surface area contributed by atoms with Gasteiger partial charge in [0.1, 0.15) is 12.6 Å². The summed E-state index contributed by atoms with van der Waals surface area (Å²) in [5.41, 5.74) is 1.36. The number of urea groups is 1. The van der Waals surface area contributed by atoms with Crippen LogP contribution in [0.2, 0.25) is 0 Å².